The molecule has 0 aromatic rings. The third kappa shape index (κ3) is 54.0. The highest BCUT2D eigenvalue weighted by molar-refractivity contribution is 7.47. The smallest absolute Gasteiger partial charge is 0.457 e. The zero-order chi connectivity index (χ0) is 49.5. The van der Waals surface area contributed by atoms with Crippen molar-refractivity contribution in [1.82, 2.24) is 0 Å². The number of hydrogen-bond donors (Lipinski definition) is 3. The zero-order valence-corrected chi connectivity index (χ0v) is 45.5. The Balaban J connectivity index is 3.99. The van der Waals surface area contributed by atoms with Crippen LogP contribution in [0.1, 0.15) is 284 Å². The van der Waals surface area contributed by atoms with Crippen LogP contribution in [0.2, 0.25) is 0 Å². The van der Waals surface area contributed by atoms with Crippen molar-refractivity contribution in [3.8, 4) is 0 Å². The summed E-state index contributed by atoms with van der Waals surface area (Å²) in [5.74, 6) is -0.379. The normalized spacial score (nSPS) is 13.9. The van der Waals surface area contributed by atoms with E-state index in [-0.39, 0.29) is 25.6 Å². The molecule has 0 rings (SSSR count). The number of hydrogen-bond acceptors (Lipinski definition) is 8. The first kappa shape index (κ1) is 66.7. The van der Waals surface area contributed by atoms with E-state index in [0.717, 1.165) is 44.9 Å². The molecule has 0 saturated carbocycles. The fraction of sp³-hybridized carbons (Fsp3) is 0.879. The molecule has 3 atom stereocenters. The standard InChI is InChI=1S/C58H111O9P/c1-3-5-7-9-11-13-15-17-19-21-23-25-27-29-31-33-35-37-39-41-43-45-47-49-51-64-54-57(55-66-68(62,63)65-53-56(60)52-59)67-58(61)50-48-46-44-42-40-38-36-34-32-30-28-26-24-22-20-18-16-14-12-10-8-6-4-2/h15,17,21-24,56-57,59-60H,3-14,16,18-20,25-55H2,1-2H3,(H,62,63)/b17-15-,23-21-,24-22-. The van der Waals surface area contributed by atoms with E-state index in [4.69, 9.17) is 23.6 Å². The predicted molar refractivity (Wildman–Crippen MR) is 288 cm³/mol. The molecule has 0 aromatic carbocycles. The minimum atomic E-state index is -4.53. The maximum absolute atomic E-state index is 12.7. The largest absolute Gasteiger partial charge is 0.472 e. The highest BCUT2D eigenvalue weighted by atomic mass is 31.2. The van der Waals surface area contributed by atoms with E-state index in [2.05, 4.69) is 50.3 Å². The topological polar surface area (TPSA) is 132 Å². The van der Waals surface area contributed by atoms with Crippen LogP contribution in [0.3, 0.4) is 0 Å². The molecular weight excluding hydrogens is 872 g/mol. The van der Waals surface area contributed by atoms with Gasteiger partial charge in [-0.25, -0.2) is 4.57 Å². The van der Waals surface area contributed by atoms with Gasteiger partial charge in [0.15, 0.2) is 0 Å². The number of carbonyl (C=O) groups excluding carboxylic acids is 1. The number of unbranched alkanes of at least 4 members (excludes halogenated alkanes) is 36. The number of ether oxygens (including phenoxy) is 2. The number of phosphoric ester groups is 1. The van der Waals surface area contributed by atoms with Crippen LogP contribution in [0.4, 0.5) is 0 Å². The first-order valence-electron chi connectivity index (χ1n) is 29.0. The third-order valence-corrected chi connectivity index (χ3v) is 13.7. The first-order valence-corrected chi connectivity index (χ1v) is 30.5. The monoisotopic (exact) mass is 983 g/mol. The van der Waals surface area contributed by atoms with E-state index in [1.165, 1.54) is 218 Å². The Morgan fingerprint density at radius 3 is 1.19 bits per heavy atom. The Morgan fingerprint density at radius 1 is 0.456 bits per heavy atom. The summed E-state index contributed by atoms with van der Waals surface area (Å²) in [6.07, 6.45) is 64.1. The number of esters is 1. The highest BCUT2D eigenvalue weighted by Crippen LogP contribution is 2.43. The zero-order valence-electron chi connectivity index (χ0n) is 44.6. The second-order valence-electron chi connectivity index (χ2n) is 19.7. The lowest BCUT2D eigenvalue weighted by molar-refractivity contribution is -0.154. The molecule has 0 aliphatic heterocycles. The van der Waals surface area contributed by atoms with Crippen LogP contribution in [-0.2, 0) is 27.9 Å². The summed E-state index contributed by atoms with van der Waals surface area (Å²) in [6, 6.07) is 0. The maximum Gasteiger partial charge on any atom is 0.472 e. The van der Waals surface area contributed by atoms with Crippen LogP contribution in [-0.4, -0.2) is 66.3 Å². The quantitative estimate of drug-likeness (QED) is 0.0236. The van der Waals surface area contributed by atoms with E-state index in [1.54, 1.807) is 0 Å². The van der Waals surface area contributed by atoms with Gasteiger partial charge >= 0.3 is 13.8 Å². The van der Waals surface area contributed by atoms with E-state index in [9.17, 15) is 19.4 Å². The second-order valence-corrected chi connectivity index (χ2v) is 21.1. The SMILES string of the molecule is CCCCCCC/C=C\C/C=C\CCCCCCCCCCCCCCOCC(COP(=O)(O)OCC(O)CO)OC(=O)CCCCCCCCCCCCC/C=C\CCCCCCCCCC. The van der Waals surface area contributed by atoms with Crippen LogP contribution in [0.15, 0.2) is 36.5 Å². The van der Waals surface area contributed by atoms with Crippen LogP contribution < -0.4 is 0 Å². The van der Waals surface area contributed by atoms with Crippen molar-refractivity contribution >= 4 is 13.8 Å². The Labute approximate surface area is 420 Å². The van der Waals surface area contributed by atoms with Gasteiger partial charge in [-0.05, 0) is 70.6 Å². The molecular formula is C58H111O9P. The molecule has 9 nitrogen and oxygen atoms in total. The van der Waals surface area contributed by atoms with Gasteiger partial charge in [-0.1, -0.05) is 243 Å². The summed E-state index contributed by atoms with van der Waals surface area (Å²) in [5, 5.41) is 18.5. The molecule has 0 radical (unpaired) electrons. The van der Waals surface area contributed by atoms with Crippen molar-refractivity contribution in [3.05, 3.63) is 36.5 Å². The summed E-state index contributed by atoms with van der Waals surface area (Å²) in [4.78, 5) is 22.8. The minimum absolute atomic E-state index is 0.0507. The highest BCUT2D eigenvalue weighted by Gasteiger charge is 2.26. The lowest BCUT2D eigenvalue weighted by Crippen LogP contribution is -2.29. The van der Waals surface area contributed by atoms with Crippen molar-refractivity contribution < 1.29 is 43.0 Å². The van der Waals surface area contributed by atoms with Crippen molar-refractivity contribution in [2.24, 2.45) is 0 Å². The molecule has 3 N–H and O–H groups in total. The number of carbonyl (C=O) groups is 1. The number of aliphatic hydroxyl groups excluding tert-OH is 2. The van der Waals surface area contributed by atoms with Crippen LogP contribution in [0, 0.1) is 0 Å². The molecule has 0 fully saturated rings. The van der Waals surface area contributed by atoms with Crippen LogP contribution in [0.25, 0.3) is 0 Å². The molecule has 0 heterocycles. The number of phosphoric acid groups is 1. The average Bonchev–Trinajstić information content (AvgIpc) is 3.33. The third-order valence-electron chi connectivity index (χ3n) is 12.8. The minimum Gasteiger partial charge on any atom is -0.457 e. The van der Waals surface area contributed by atoms with Gasteiger partial charge in [0, 0.05) is 13.0 Å². The Bertz CT molecular complexity index is 1160. The molecule has 402 valence electrons. The average molecular weight is 983 g/mol. The van der Waals surface area contributed by atoms with Gasteiger partial charge < -0.3 is 24.6 Å². The van der Waals surface area contributed by atoms with Crippen LogP contribution in [0.5, 0.6) is 0 Å². The van der Waals surface area contributed by atoms with Gasteiger partial charge in [-0.15, -0.1) is 0 Å². The summed E-state index contributed by atoms with van der Waals surface area (Å²) < 4.78 is 33.6. The van der Waals surface area contributed by atoms with Crippen molar-refractivity contribution in [3.63, 3.8) is 0 Å². The second kappa shape index (κ2) is 55.0. The molecule has 0 aromatic heterocycles. The van der Waals surface area contributed by atoms with Crippen LogP contribution >= 0.6 is 7.82 Å². The summed E-state index contributed by atoms with van der Waals surface area (Å²) in [7, 11) is -4.53. The molecule has 0 aliphatic carbocycles. The number of allylic oxidation sites excluding steroid dienone is 6. The van der Waals surface area contributed by atoms with E-state index < -0.39 is 33.2 Å². The molecule has 0 bridgehead atoms. The molecule has 68 heavy (non-hydrogen) atoms. The molecule has 0 aliphatic rings. The fourth-order valence-corrected chi connectivity index (χ4v) is 9.17. The lowest BCUT2D eigenvalue weighted by Gasteiger charge is -2.20. The lowest BCUT2D eigenvalue weighted by atomic mass is 10.0. The summed E-state index contributed by atoms with van der Waals surface area (Å²) in [6.45, 7) is 3.56. The summed E-state index contributed by atoms with van der Waals surface area (Å²) in [5.41, 5.74) is 0. The van der Waals surface area contributed by atoms with Crippen molar-refractivity contribution in [1.29, 1.82) is 0 Å². The molecule has 3 unspecified atom stereocenters. The molecule has 10 heteroatoms. The van der Waals surface area contributed by atoms with E-state index in [0.29, 0.717) is 6.61 Å². The fourth-order valence-electron chi connectivity index (χ4n) is 8.38. The van der Waals surface area contributed by atoms with Gasteiger partial charge in [0.05, 0.1) is 26.4 Å². The van der Waals surface area contributed by atoms with Gasteiger partial charge in [0.25, 0.3) is 0 Å². The van der Waals surface area contributed by atoms with E-state index in [1.807, 2.05) is 0 Å². The molecule has 0 saturated heterocycles. The van der Waals surface area contributed by atoms with Gasteiger partial charge in [-0.3, -0.25) is 13.8 Å². The molecule has 0 amide bonds. The number of rotatable bonds is 56. The van der Waals surface area contributed by atoms with Crippen molar-refractivity contribution in [2.75, 3.05) is 33.0 Å². The maximum atomic E-state index is 12.7. The Morgan fingerprint density at radius 2 is 0.794 bits per heavy atom. The van der Waals surface area contributed by atoms with Gasteiger partial charge in [0.1, 0.15) is 12.2 Å². The summed E-state index contributed by atoms with van der Waals surface area (Å²) >= 11 is 0. The first-order chi connectivity index (χ1) is 33.3. The van der Waals surface area contributed by atoms with Gasteiger partial charge in [0.2, 0.25) is 0 Å². The van der Waals surface area contributed by atoms with Crippen molar-refractivity contribution in [2.45, 2.75) is 296 Å². The Kier molecular flexibility index (Phi) is 53.9. The van der Waals surface area contributed by atoms with Gasteiger partial charge in [-0.2, -0.15) is 0 Å². The number of aliphatic hydroxyl groups is 2. The molecule has 0 spiro atoms. The predicted octanol–water partition coefficient (Wildman–Crippen LogP) is 17.5. The van der Waals surface area contributed by atoms with E-state index >= 15 is 0 Å². The Hall–Kier alpha value is -1.32.